The van der Waals surface area contributed by atoms with Crippen LogP contribution in [0.2, 0.25) is 0 Å². The lowest BCUT2D eigenvalue weighted by Crippen LogP contribution is -2.15. The molecule has 4 nitrogen and oxygen atoms in total. The number of carbonyl (C=O) groups excluding carboxylic acids is 1. The Balaban J connectivity index is 2.82. The molecule has 0 unspecified atom stereocenters. The molecule has 0 aliphatic heterocycles. The number of para-hydroxylation sites is 1. The number of amides is 1. The molecule has 16 heavy (non-hydrogen) atoms. The zero-order valence-electron chi connectivity index (χ0n) is 8.94. The average molecular weight is 288 g/mol. The van der Waals surface area contributed by atoms with E-state index in [9.17, 15) is 9.90 Å². The summed E-state index contributed by atoms with van der Waals surface area (Å²) in [7, 11) is 0. The van der Waals surface area contributed by atoms with Crippen molar-refractivity contribution in [2.45, 2.75) is 13.0 Å². The van der Waals surface area contributed by atoms with Crippen molar-refractivity contribution in [1.82, 2.24) is 0 Å². The molecule has 1 atom stereocenters. The molecule has 0 saturated heterocycles. The molecule has 1 rings (SSSR count). The van der Waals surface area contributed by atoms with Crippen LogP contribution >= 0.6 is 15.9 Å². The molecule has 0 heterocycles. The summed E-state index contributed by atoms with van der Waals surface area (Å²) in [6.45, 7) is 2.05. The van der Waals surface area contributed by atoms with Crippen molar-refractivity contribution < 1.29 is 14.6 Å². The minimum atomic E-state index is -0.655. The van der Waals surface area contributed by atoms with Crippen LogP contribution in [0, 0.1) is 0 Å². The van der Waals surface area contributed by atoms with Crippen LogP contribution in [0.1, 0.15) is 18.6 Å². The number of anilines is 1. The molecule has 0 aliphatic rings. The van der Waals surface area contributed by atoms with Gasteiger partial charge in [-0.1, -0.05) is 34.1 Å². The smallest absolute Gasteiger partial charge is 0.411 e. The number of alkyl halides is 1. The molecular weight excluding hydrogens is 274 g/mol. The zero-order chi connectivity index (χ0) is 12.0. The summed E-state index contributed by atoms with van der Waals surface area (Å²) in [5, 5.41) is 12.7. The quantitative estimate of drug-likeness (QED) is 0.837. The van der Waals surface area contributed by atoms with E-state index in [1.165, 1.54) is 0 Å². The Hall–Kier alpha value is -1.07. The second-order valence-corrected chi connectivity index (χ2v) is 3.75. The number of aliphatic hydroxyl groups excluding tert-OH is 1. The third-order valence-electron chi connectivity index (χ3n) is 1.98. The first-order valence-corrected chi connectivity index (χ1v) is 6.08. The molecule has 0 radical (unpaired) electrons. The van der Waals surface area contributed by atoms with E-state index in [2.05, 4.69) is 21.2 Å². The summed E-state index contributed by atoms with van der Waals surface area (Å²) in [6.07, 6.45) is -1.17. The first-order chi connectivity index (χ1) is 7.69. The maximum Gasteiger partial charge on any atom is 0.411 e. The third-order valence-corrected chi connectivity index (χ3v) is 2.59. The SMILES string of the molecule is CCOC(=O)Nc1ccccc1[C@H](O)CBr. The maximum absolute atomic E-state index is 11.2. The van der Waals surface area contributed by atoms with Crippen LogP contribution in [0.3, 0.4) is 0 Å². The zero-order valence-corrected chi connectivity index (χ0v) is 10.5. The molecule has 1 amide bonds. The van der Waals surface area contributed by atoms with Gasteiger partial charge in [-0.25, -0.2) is 4.79 Å². The van der Waals surface area contributed by atoms with Gasteiger partial charge in [-0.15, -0.1) is 0 Å². The van der Waals surface area contributed by atoms with Crippen LogP contribution in [0.25, 0.3) is 0 Å². The van der Waals surface area contributed by atoms with Crippen molar-refractivity contribution in [3.63, 3.8) is 0 Å². The average Bonchev–Trinajstić information content (AvgIpc) is 2.29. The summed E-state index contributed by atoms with van der Waals surface area (Å²) >= 11 is 3.19. The van der Waals surface area contributed by atoms with Gasteiger partial charge in [-0.05, 0) is 13.0 Å². The minimum absolute atomic E-state index is 0.314. The van der Waals surface area contributed by atoms with Gasteiger partial charge in [0.25, 0.3) is 0 Å². The van der Waals surface area contributed by atoms with Gasteiger partial charge < -0.3 is 9.84 Å². The van der Waals surface area contributed by atoms with Crippen LogP contribution < -0.4 is 5.32 Å². The van der Waals surface area contributed by atoms with Crippen molar-refractivity contribution in [1.29, 1.82) is 0 Å². The highest BCUT2D eigenvalue weighted by molar-refractivity contribution is 9.09. The van der Waals surface area contributed by atoms with Gasteiger partial charge in [0.1, 0.15) is 0 Å². The Morgan fingerprint density at radius 1 is 1.56 bits per heavy atom. The van der Waals surface area contributed by atoms with Gasteiger partial charge in [0.15, 0.2) is 0 Å². The standard InChI is InChI=1S/C11H14BrNO3/c1-2-16-11(15)13-9-6-4-3-5-8(9)10(14)7-12/h3-6,10,14H,2,7H2,1H3,(H,13,15)/t10-/m1/s1. The number of rotatable bonds is 4. The highest BCUT2D eigenvalue weighted by Gasteiger charge is 2.12. The van der Waals surface area contributed by atoms with Gasteiger partial charge in [0.05, 0.1) is 12.7 Å². The number of halogens is 1. The van der Waals surface area contributed by atoms with E-state index >= 15 is 0 Å². The molecule has 1 aromatic carbocycles. The van der Waals surface area contributed by atoms with Crippen molar-refractivity contribution >= 4 is 27.7 Å². The largest absolute Gasteiger partial charge is 0.450 e. The van der Waals surface area contributed by atoms with Crippen LogP contribution in [-0.2, 0) is 4.74 Å². The topological polar surface area (TPSA) is 58.6 Å². The van der Waals surface area contributed by atoms with E-state index in [1.807, 2.05) is 0 Å². The first kappa shape index (κ1) is 13.0. The summed E-state index contributed by atoms with van der Waals surface area (Å²) in [6, 6.07) is 7.06. The van der Waals surface area contributed by atoms with E-state index < -0.39 is 12.2 Å². The van der Waals surface area contributed by atoms with Crippen molar-refractivity contribution in [3.05, 3.63) is 29.8 Å². The van der Waals surface area contributed by atoms with Gasteiger partial charge in [-0.3, -0.25) is 5.32 Å². The number of benzene rings is 1. The molecular formula is C11H14BrNO3. The van der Waals surface area contributed by atoms with Gasteiger partial charge >= 0.3 is 6.09 Å². The molecule has 0 spiro atoms. The number of hydrogen-bond acceptors (Lipinski definition) is 3. The fraction of sp³-hybridized carbons (Fsp3) is 0.364. The first-order valence-electron chi connectivity index (χ1n) is 4.95. The van der Waals surface area contributed by atoms with Crippen molar-refractivity contribution in [2.75, 3.05) is 17.3 Å². The van der Waals surface area contributed by atoms with Gasteiger partial charge in [0.2, 0.25) is 0 Å². The number of carbonyl (C=O) groups is 1. The van der Waals surface area contributed by atoms with Crippen LogP contribution in [-0.4, -0.2) is 23.1 Å². The molecule has 0 bridgehead atoms. The molecule has 88 valence electrons. The van der Waals surface area contributed by atoms with Crippen molar-refractivity contribution in [3.8, 4) is 0 Å². The fourth-order valence-corrected chi connectivity index (χ4v) is 1.61. The number of nitrogens with one attached hydrogen (secondary N) is 1. The molecule has 0 fully saturated rings. The Labute approximate surface area is 103 Å². The molecule has 2 N–H and O–H groups in total. The monoisotopic (exact) mass is 287 g/mol. The number of hydrogen-bond donors (Lipinski definition) is 2. The predicted octanol–water partition coefficient (Wildman–Crippen LogP) is 2.68. The third kappa shape index (κ3) is 3.50. The predicted molar refractivity (Wildman–Crippen MR) is 65.8 cm³/mol. The highest BCUT2D eigenvalue weighted by Crippen LogP contribution is 2.24. The Kier molecular flexibility index (Phi) is 5.28. The van der Waals surface area contributed by atoms with Crippen LogP contribution in [0.15, 0.2) is 24.3 Å². The normalized spacial score (nSPS) is 11.9. The summed E-state index contributed by atoms with van der Waals surface area (Å²) in [5.41, 5.74) is 1.22. The van der Waals surface area contributed by atoms with Crippen LogP contribution in [0.5, 0.6) is 0 Å². The van der Waals surface area contributed by atoms with E-state index in [0.717, 1.165) is 0 Å². The molecule has 0 saturated carbocycles. The Morgan fingerprint density at radius 3 is 2.88 bits per heavy atom. The summed E-state index contributed by atoms with van der Waals surface area (Å²) in [4.78, 5) is 11.2. The summed E-state index contributed by atoms with van der Waals surface area (Å²) in [5.74, 6) is 0. The molecule has 1 aromatic rings. The van der Waals surface area contributed by atoms with E-state index in [0.29, 0.717) is 23.2 Å². The maximum atomic E-state index is 11.2. The summed E-state index contributed by atoms with van der Waals surface area (Å²) < 4.78 is 4.77. The fourth-order valence-electron chi connectivity index (χ4n) is 1.26. The molecule has 5 heteroatoms. The number of ether oxygens (including phenoxy) is 1. The highest BCUT2D eigenvalue weighted by atomic mass is 79.9. The lowest BCUT2D eigenvalue weighted by atomic mass is 10.1. The van der Waals surface area contributed by atoms with Crippen LogP contribution in [0.4, 0.5) is 10.5 Å². The number of aliphatic hydroxyl groups is 1. The Bertz CT molecular complexity index is 357. The lowest BCUT2D eigenvalue weighted by Gasteiger charge is -2.13. The molecule has 0 aliphatic carbocycles. The van der Waals surface area contributed by atoms with Crippen molar-refractivity contribution in [2.24, 2.45) is 0 Å². The lowest BCUT2D eigenvalue weighted by molar-refractivity contribution is 0.167. The van der Waals surface area contributed by atoms with E-state index in [1.54, 1.807) is 31.2 Å². The van der Waals surface area contributed by atoms with E-state index in [4.69, 9.17) is 4.74 Å². The van der Waals surface area contributed by atoms with E-state index in [-0.39, 0.29) is 0 Å². The minimum Gasteiger partial charge on any atom is -0.450 e. The van der Waals surface area contributed by atoms with Gasteiger partial charge in [0, 0.05) is 16.6 Å². The second kappa shape index (κ2) is 6.50. The Morgan fingerprint density at radius 2 is 2.25 bits per heavy atom. The second-order valence-electron chi connectivity index (χ2n) is 3.10. The molecule has 0 aromatic heterocycles. The van der Waals surface area contributed by atoms with Gasteiger partial charge in [-0.2, -0.15) is 0 Å².